The van der Waals surface area contributed by atoms with Crippen LogP contribution in [0.4, 0.5) is 0 Å². The second-order valence-corrected chi connectivity index (χ2v) is 6.04. The summed E-state index contributed by atoms with van der Waals surface area (Å²) in [7, 11) is 1.95. The number of benzene rings is 1. The lowest BCUT2D eigenvalue weighted by atomic mass is 10.1. The maximum absolute atomic E-state index is 11.9. The summed E-state index contributed by atoms with van der Waals surface area (Å²) in [4.78, 5) is 13.9. The topological polar surface area (TPSA) is 52.6 Å². The zero-order valence-corrected chi connectivity index (χ0v) is 12.8. The van der Waals surface area contributed by atoms with Gasteiger partial charge in [-0.3, -0.25) is 9.69 Å². The molecule has 4 nitrogen and oxygen atoms in total. The lowest BCUT2D eigenvalue weighted by molar-refractivity contribution is -0.122. The summed E-state index contributed by atoms with van der Waals surface area (Å²) in [5.74, 6) is 0.382. The normalized spacial score (nSPS) is 21.7. The Labute approximate surface area is 127 Å². The van der Waals surface area contributed by atoms with Crippen LogP contribution < -0.4 is 5.32 Å². The summed E-state index contributed by atoms with van der Waals surface area (Å²) in [5.41, 5.74) is 1.24. The quantitative estimate of drug-likeness (QED) is 0.799. The van der Waals surface area contributed by atoms with Gasteiger partial charge >= 0.3 is 0 Å². The van der Waals surface area contributed by atoms with E-state index in [4.69, 9.17) is 0 Å². The Bertz CT molecular complexity index is 436. The largest absolute Gasteiger partial charge is 0.393 e. The molecule has 21 heavy (non-hydrogen) atoms. The molecule has 2 atom stereocenters. The summed E-state index contributed by atoms with van der Waals surface area (Å²) >= 11 is 0. The van der Waals surface area contributed by atoms with Crippen LogP contribution in [0.1, 0.15) is 24.8 Å². The van der Waals surface area contributed by atoms with Gasteiger partial charge in [-0.2, -0.15) is 0 Å². The Hall–Kier alpha value is -1.39. The van der Waals surface area contributed by atoms with Crippen molar-refractivity contribution >= 4 is 5.91 Å². The predicted octanol–water partition coefficient (Wildman–Crippen LogP) is 1.44. The lowest BCUT2D eigenvalue weighted by Crippen LogP contribution is -2.39. The molecule has 0 aliphatic heterocycles. The molecule has 0 spiro atoms. The SMILES string of the molecule is CN(CC(=O)NCCc1ccccc1)CC1CCCC1O. The summed E-state index contributed by atoms with van der Waals surface area (Å²) in [6.07, 6.45) is 3.75. The highest BCUT2D eigenvalue weighted by molar-refractivity contribution is 5.77. The molecule has 1 aliphatic carbocycles. The van der Waals surface area contributed by atoms with E-state index in [9.17, 15) is 9.90 Å². The molecule has 4 heteroatoms. The minimum atomic E-state index is -0.186. The fraction of sp³-hybridized carbons (Fsp3) is 0.588. The van der Waals surface area contributed by atoms with E-state index in [1.165, 1.54) is 5.56 Å². The van der Waals surface area contributed by atoms with E-state index in [1.54, 1.807) is 0 Å². The highest BCUT2D eigenvalue weighted by Gasteiger charge is 2.26. The van der Waals surface area contributed by atoms with Gasteiger partial charge in [-0.25, -0.2) is 0 Å². The molecule has 2 rings (SSSR count). The summed E-state index contributed by atoms with van der Waals surface area (Å²) in [5, 5.41) is 12.8. The van der Waals surface area contributed by atoms with Gasteiger partial charge in [-0.1, -0.05) is 36.8 Å². The highest BCUT2D eigenvalue weighted by atomic mass is 16.3. The van der Waals surface area contributed by atoms with Gasteiger partial charge in [0.15, 0.2) is 0 Å². The van der Waals surface area contributed by atoms with Gasteiger partial charge < -0.3 is 10.4 Å². The zero-order valence-electron chi connectivity index (χ0n) is 12.8. The molecule has 0 saturated heterocycles. The van der Waals surface area contributed by atoms with Gasteiger partial charge in [-0.15, -0.1) is 0 Å². The van der Waals surface area contributed by atoms with E-state index in [2.05, 4.69) is 17.4 Å². The maximum atomic E-state index is 11.9. The van der Waals surface area contributed by atoms with Crippen LogP contribution in [0.15, 0.2) is 30.3 Å². The fourth-order valence-electron chi connectivity index (χ4n) is 2.99. The van der Waals surface area contributed by atoms with E-state index in [-0.39, 0.29) is 12.0 Å². The Morgan fingerprint density at radius 3 is 2.76 bits per heavy atom. The molecule has 0 radical (unpaired) electrons. The Morgan fingerprint density at radius 2 is 2.10 bits per heavy atom. The summed E-state index contributed by atoms with van der Waals surface area (Å²) in [6.45, 7) is 1.87. The highest BCUT2D eigenvalue weighted by Crippen LogP contribution is 2.25. The third kappa shape index (κ3) is 5.48. The second kappa shape index (κ2) is 8.15. The number of nitrogens with one attached hydrogen (secondary N) is 1. The number of carbonyl (C=O) groups excluding carboxylic acids is 1. The van der Waals surface area contributed by atoms with E-state index < -0.39 is 0 Å². The van der Waals surface area contributed by atoms with Crippen molar-refractivity contribution in [2.75, 3.05) is 26.7 Å². The van der Waals surface area contributed by atoms with Gasteiger partial charge in [0.05, 0.1) is 12.6 Å². The Balaban J connectivity index is 1.62. The monoisotopic (exact) mass is 290 g/mol. The van der Waals surface area contributed by atoms with Crippen LogP contribution in [0, 0.1) is 5.92 Å². The van der Waals surface area contributed by atoms with Gasteiger partial charge in [0.2, 0.25) is 5.91 Å². The zero-order chi connectivity index (χ0) is 15.1. The van der Waals surface area contributed by atoms with Crippen molar-refractivity contribution < 1.29 is 9.90 Å². The maximum Gasteiger partial charge on any atom is 0.234 e. The standard InChI is InChI=1S/C17H26N2O2/c1-19(12-15-8-5-9-16(15)20)13-17(21)18-11-10-14-6-3-2-4-7-14/h2-4,6-7,15-16,20H,5,8-13H2,1H3,(H,18,21). The van der Waals surface area contributed by atoms with Crippen LogP contribution in [0.2, 0.25) is 0 Å². The number of hydrogen-bond acceptors (Lipinski definition) is 3. The van der Waals surface area contributed by atoms with Crippen molar-refractivity contribution in [3.63, 3.8) is 0 Å². The van der Waals surface area contributed by atoms with Gasteiger partial charge in [0.25, 0.3) is 0 Å². The summed E-state index contributed by atoms with van der Waals surface area (Å²) < 4.78 is 0. The van der Waals surface area contributed by atoms with E-state index in [0.717, 1.165) is 32.2 Å². The fourth-order valence-corrected chi connectivity index (χ4v) is 2.99. The van der Waals surface area contributed by atoms with Gasteiger partial charge in [-0.05, 0) is 37.8 Å². The molecule has 116 valence electrons. The lowest BCUT2D eigenvalue weighted by Gasteiger charge is -2.22. The number of carbonyl (C=O) groups is 1. The first kappa shape index (κ1) is 16.0. The van der Waals surface area contributed by atoms with Crippen LogP contribution in [0.25, 0.3) is 0 Å². The Kier molecular flexibility index (Phi) is 6.21. The third-order valence-electron chi connectivity index (χ3n) is 4.16. The third-order valence-corrected chi connectivity index (χ3v) is 4.16. The molecule has 0 bridgehead atoms. The predicted molar refractivity (Wildman–Crippen MR) is 84.0 cm³/mol. The van der Waals surface area contributed by atoms with Crippen molar-refractivity contribution in [2.45, 2.75) is 31.8 Å². The smallest absolute Gasteiger partial charge is 0.234 e. The molecule has 1 saturated carbocycles. The number of rotatable bonds is 7. The number of aliphatic hydroxyl groups excluding tert-OH is 1. The number of likely N-dealkylation sites (N-methyl/N-ethyl adjacent to an activating group) is 1. The number of amides is 1. The van der Waals surface area contributed by atoms with Crippen molar-refractivity contribution in [1.29, 1.82) is 0 Å². The number of aliphatic hydroxyl groups is 1. The number of nitrogens with zero attached hydrogens (tertiary/aromatic N) is 1. The molecule has 2 unspecified atom stereocenters. The average Bonchev–Trinajstić information content (AvgIpc) is 2.85. The first-order valence-electron chi connectivity index (χ1n) is 7.82. The molecular weight excluding hydrogens is 264 g/mol. The number of hydrogen-bond donors (Lipinski definition) is 2. The average molecular weight is 290 g/mol. The molecular formula is C17H26N2O2. The van der Waals surface area contributed by atoms with Crippen molar-refractivity contribution in [1.82, 2.24) is 10.2 Å². The van der Waals surface area contributed by atoms with E-state index in [0.29, 0.717) is 19.0 Å². The molecule has 0 aromatic heterocycles. The van der Waals surface area contributed by atoms with Crippen LogP contribution >= 0.6 is 0 Å². The van der Waals surface area contributed by atoms with Crippen molar-refractivity contribution in [2.24, 2.45) is 5.92 Å². The first-order valence-corrected chi connectivity index (χ1v) is 7.82. The van der Waals surface area contributed by atoms with E-state index >= 15 is 0 Å². The van der Waals surface area contributed by atoms with Crippen LogP contribution in [0.5, 0.6) is 0 Å². The van der Waals surface area contributed by atoms with Crippen molar-refractivity contribution in [3.8, 4) is 0 Å². The molecule has 2 N–H and O–H groups in total. The van der Waals surface area contributed by atoms with E-state index in [1.807, 2.05) is 30.1 Å². The van der Waals surface area contributed by atoms with Gasteiger partial charge in [0, 0.05) is 13.1 Å². The first-order chi connectivity index (χ1) is 10.1. The Morgan fingerprint density at radius 1 is 1.33 bits per heavy atom. The van der Waals surface area contributed by atoms with Gasteiger partial charge in [0.1, 0.15) is 0 Å². The van der Waals surface area contributed by atoms with Crippen LogP contribution in [-0.2, 0) is 11.2 Å². The molecule has 1 aromatic carbocycles. The summed E-state index contributed by atoms with van der Waals surface area (Å²) in [6, 6.07) is 10.2. The molecule has 1 amide bonds. The van der Waals surface area contributed by atoms with Crippen LogP contribution in [-0.4, -0.2) is 48.7 Å². The molecule has 1 fully saturated rings. The minimum absolute atomic E-state index is 0.0564. The minimum Gasteiger partial charge on any atom is -0.393 e. The van der Waals surface area contributed by atoms with Crippen LogP contribution in [0.3, 0.4) is 0 Å². The molecule has 0 heterocycles. The molecule has 1 aliphatic rings. The second-order valence-electron chi connectivity index (χ2n) is 6.04. The molecule has 1 aromatic rings. The van der Waals surface area contributed by atoms with Crippen molar-refractivity contribution in [3.05, 3.63) is 35.9 Å².